The van der Waals surface area contributed by atoms with Gasteiger partial charge in [0, 0.05) is 21.5 Å². The molecule has 2 aliphatic rings. The molecule has 0 saturated carbocycles. The fraction of sp³-hybridized carbons (Fsp3) is 0.550. The topological polar surface area (TPSA) is 119 Å². The van der Waals surface area contributed by atoms with Crippen molar-refractivity contribution in [2.45, 2.75) is 48.8 Å². The van der Waals surface area contributed by atoms with E-state index in [0.717, 1.165) is 12.1 Å². The average molecular weight is 558 g/mol. The Bertz CT molecular complexity index is 980. The number of ether oxygens (including phenoxy) is 3. The summed E-state index contributed by atoms with van der Waals surface area (Å²) in [5, 5.41) is 17.7. The van der Waals surface area contributed by atoms with Crippen LogP contribution >= 0.6 is 27.5 Å². The molecule has 0 bridgehead atoms. The predicted octanol–water partition coefficient (Wildman–Crippen LogP) is 2.27. The second-order valence-electron chi connectivity index (χ2n) is 7.49. The molecule has 2 N–H and O–H groups in total. The summed E-state index contributed by atoms with van der Waals surface area (Å²) in [6.07, 6.45) is -0.384. The Morgan fingerprint density at radius 3 is 2.47 bits per heavy atom. The summed E-state index contributed by atoms with van der Waals surface area (Å²) in [4.78, 5) is 12.7. The summed E-state index contributed by atoms with van der Waals surface area (Å²) in [6.45, 7) is 0.760. The number of carbonyl (C=O) groups is 1. The van der Waals surface area contributed by atoms with Crippen LogP contribution in [-0.2, 0) is 34.6 Å². The molecule has 8 nitrogen and oxygen atoms in total. The molecule has 1 heterocycles. The van der Waals surface area contributed by atoms with Gasteiger partial charge in [0.1, 0.15) is 18.0 Å². The van der Waals surface area contributed by atoms with E-state index in [1.165, 1.54) is 6.08 Å². The standard InChI is InChI=1S/C20H23BrClFO8S/c1-2-29-19(26)12-7-20(30-16(8-24)17(9-25)31-20)4-3-18(12)32(27,28)10-13-14(21)5-11(23)6-15(13)22/h5-7,16-18,24-25H,2-4,8-10H2,1H3/t16-,17-,18?/m1/s1. The Kier molecular flexibility index (Phi) is 8.01. The van der Waals surface area contributed by atoms with Crippen LogP contribution in [0.2, 0.25) is 5.02 Å². The molecule has 32 heavy (non-hydrogen) atoms. The molecule has 1 unspecified atom stereocenters. The molecule has 3 atom stereocenters. The Balaban J connectivity index is 1.98. The van der Waals surface area contributed by atoms with Crippen LogP contribution in [0.4, 0.5) is 4.39 Å². The molecule has 1 fully saturated rings. The van der Waals surface area contributed by atoms with Gasteiger partial charge in [-0.2, -0.15) is 0 Å². The zero-order chi connectivity index (χ0) is 23.7. The predicted molar refractivity (Wildman–Crippen MR) is 116 cm³/mol. The van der Waals surface area contributed by atoms with Crippen molar-refractivity contribution in [1.29, 1.82) is 0 Å². The molecule has 0 amide bonds. The lowest BCUT2D eigenvalue weighted by atomic mass is 9.94. The van der Waals surface area contributed by atoms with E-state index in [1.807, 2.05) is 0 Å². The summed E-state index contributed by atoms with van der Waals surface area (Å²) in [6, 6.07) is 2.12. The van der Waals surface area contributed by atoms with Crippen molar-refractivity contribution in [3.05, 3.63) is 44.7 Å². The van der Waals surface area contributed by atoms with Gasteiger partial charge in [-0.1, -0.05) is 27.5 Å². The van der Waals surface area contributed by atoms with Crippen molar-refractivity contribution >= 4 is 43.3 Å². The molecule has 1 aliphatic heterocycles. The molecule has 3 rings (SSSR count). The van der Waals surface area contributed by atoms with E-state index < -0.39 is 63.8 Å². The molecule has 1 aliphatic carbocycles. The van der Waals surface area contributed by atoms with Gasteiger partial charge in [-0.3, -0.25) is 0 Å². The van der Waals surface area contributed by atoms with E-state index >= 15 is 0 Å². The number of hydrogen-bond donors (Lipinski definition) is 2. The van der Waals surface area contributed by atoms with Gasteiger partial charge < -0.3 is 24.4 Å². The second-order valence-corrected chi connectivity index (χ2v) is 10.9. The highest BCUT2D eigenvalue weighted by atomic mass is 79.9. The van der Waals surface area contributed by atoms with E-state index in [4.69, 9.17) is 25.8 Å². The number of benzene rings is 1. The van der Waals surface area contributed by atoms with Gasteiger partial charge in [0.15, 0.2) is 15.6 Å². The molecule has 1 saturated heterocycles. The first kappa shape index (κ1) is 25.5. The molecule has 178 valence electrons. The largest absolute Gasteiger partial charge is 0.463 e. The van der Waals surface area contributed by atoms with Crippen molar-refractivity contribution in [2.24, 2.45) is 0 Å². The lowest BCUT2D eigenvalue weighted by molar-refractivity contribution is -0.154. The molecular weight excluding hydrogens is 535 g/mol. The third kappa shape index (κ3) is 5.19. The molecular formula is C20H23BrClFO8S. The molecule has 0 radical (unpaired) electrons. The maximum Gasteiger partial charge on any atom is 0.335 e. The number of aliphatic hydroxyl groups excluding tert-OH is 2. The van der Waals surface area contributed by atoms with Crippen LogP contribution in [0.1, 0.15) is 25.3 Å². The molecule has 1 aromatic rings. The van der Waals surface area contributed by atoms with E-state index in [-0.39, 0.29) is 40.1 Å². The fourth-order valence-corrected chi connectivity index (χ4v) is 7.03. The minimum Gasteiger partial charge on any atom is -0.463 e. The number of hydrogen-bond acceptors (Lipinski definition) is 8. The number of esters is 1. The Morgan fingerprint density at radius 2 is 1.94 bits per heavy atom. The van der Waals surface area contributed by atoms with Crippen LogP contribution < -0.4 is 0 Å². The zero-order valence-electron chi connectivity index (χ0n) is 17.1. The van der Waals surface area contributed by atoms with Gasteiger partial charge in [-0.25, -0.2) is 17.6 Å². The van der Waals surface area contributed by atoms with Gasteiger partial charge in [-0.15, -0.1) is 0 Å². The average Bonchev–Trinajstić information content (AvgIpc) is 3.07. The summed E-state index contributed by atoms with van der Waals surface area (Å²) < 4.78 is 56.9. The number of rotatable bonds is 7. The summed E-state index contributed by atoms with van der Waals surface area (Å²) in [7, 11) is -4.01. The number of sulfone groups is 1. The first-order valence-corrected chi connectivity index (χ1v) is 12.8. The van der Waals surface area contributed by atoms with E-state index in [2.05, 4.69) is 15.9 Å². The molecule has 1 spiro atoms. The molecule has 1 aromatic carbocycles. The lowest BCUT2D eigenvalue weighted by Gasteiger charge is -2.33. The van der Waals surface area contributed by atoms with Gasteiger partial charge in [0.25, 0.3) is 0 Å². The minimum absolute atomic E-state index is 0.0194. The third-order valence-electron chi connectivity index (χ3n) is 5.35. The van der Waals surface area contributed by atoms with E-state index in [1.54, 1.807) is 6.92 Å². The Hall–Kier alpha value is -1.08. The summed E-state index contributed by atoms with van der Waals surface area (Å²) in [5.74, 6) is -3.48. The van der Waals surface area contributed by atoms with Crippen LogP contribution in [-0.4, -0.2) is 67.7 Å². The van der Waals surface area contributed by atoms with Gasteiger partial charge >= 0.3 is 5.97 Å². The van der Waals surface area contributed by atoms with Crippen molar-refractivity contribution in [3.8, 4) is 0 Å². The first-order chi connectivity index (χ1) is 15.1. The van der Waals surface area contributed by atoms with Crippen LogP contribution in [0.25, 0.3) is 0 Å². The normalized spacial score (nSPS) is 25.1. The smallest absolute Gasteiger partial charge is 0.335 e. The number of aliphatic hydroxyl groups is 2. The first-order valence-electron chi connectivity index (χ1n) is 9.88. The third-order valence-corrected chi connectivity index (χ3v) is 8.44. The van der Waals surface area contributed by atoms with Crippen LogP contribution in [0.5, 0.6) is 0 Å². The summed E-state index contributed by atoms with van der Waals surface area (Å²) in [5.41, 5.74) is 0.00774. The second kappa shape index (κ2) is 10.0. The maximum absolute atomic E-state index is 13.5. The van der Waals surface area contributed by atoms with Crippen molar-refractivity contribution < 1.29 is 42.0 Å². The van der Waals surface area contributed by atoms with Crippen LogP contribution in [0, 0.1) is 5.82 Å². The van der Waals surface area contributed by atoms with Gasteiger partial charge in [0.2, 0.25) is 0 Å². The number of carbonyl (C=O) groups excluding carboxylic acids is 1. The summed E-state index contributed by atoms with van der Waals surface area (Å²) >= 11 is 9.20. The van der Waals surface area contributed by atoms with Crippen molar-refractivity contribution in [2.75, 3.05) is 19.8 Å². The molecule has 0 aromatic heterocycles. The minimum atomic E-state index is -4.01. The van der Waals surface area contributed by atoms with Gasteiger partial charge in [-0.05, 0) is 31.6 Å². The fourth-order valence-electron chi connectivity index (χ4n) is 3.87. The highest BCUT2D eigenvalue weighted by Crippen LogP contribution is 2.42. The molecule has 12 heteroatoms. The zero-order valence-corrected chi connectivity index (χ0v) is 20.3. The number of halogens is 3. The monoisotopic (exact) mass is 556 g/mol. The SMILES string of the molecule is CCOC(=O)C1=CC2(CCC1S(=O)(=O)Cc1c(Cl)cc(F)cc1Br)O[C@H](CO)[C@@H](CO)O2. The van der Waals surface area contributed by atoms with Crippen molar-refractivity contribution in [3.63, 3.8) is 0 Å². The quantitative estimate of drug-likeness (QED) is 0.490. The maximum atomic E-state index is 13.5. The van der Waals surface area contributed by atoms with Crippen LogP contribution in [0.3, 0.4) is 0 Å². The highest BCUT2D eigenvalue weighted by Gasteiger charge is 2.51. The Labute approximate surface area is 198 Å². The highest BCUT2D eigenvalue weighted by molar-refractivity contribution is 9.10. The van der Waals surface area contributed by atoms with Gasteiger partial charge in [0.05, 0.1) is 36.4 Å². The Morgan fingerprint density at radius 1 is 1.31 bits per heavy atom. The van der Waals surface area contributed by atoms with E-state index in [0.29, 0.717) is 0 Å². The van der Waals surface area contributed by atoms with Crippen LogP contribution in [0.15, 0.2) is 28.3 Å². The van der Waals surface area contributed by atoms with E-state index in [9.17, 15) is 27.8 Å². The van der Waals surface area contributed by atoms with Crippen molar-refractivity contribution in [1.82, 2.24) is 0 Å². The lowest BCUT2D eigenvalue weighted by Crippen LogP contribution is -2.41.